The van der Waals surface area contributed by atoms with Gasteiger partial charge in [-0.25, -0.2) is 4.79 Å². The molecule has 1 aromatic heterocycles. The Kier molecular flexibility index (Phi) is 12.7. The maximum atomic E-state index is 13.2. The predicted octanol–water partition coefficient (Wildman–Crippen LogP) is -0.500. The van der Waals surface area contributed by atoms with Crippen LogP contribution < -0.4 is 27.4 Å². The minimum absolute atomic E-state index is 0.191. The van der Waals surface area contributed by atoms with Gasteiger partial charge in [-0.15, -0.1) is 0 Å². The molecule has 10 N–H and O–H groups in total. The summed E-state index contributed by atoms with van der Waals surface area (Å²) in [5.41, 5.74) is 13.5. The smallest absolute Gasteiger partial charge is 0.327 e. The molecule has 1 aromatic carbocycles. The fourth-order valence-corrected chi connectivity index (χ4v) is 4.18. The van der Waals surface area contributed by atoms with Crippen molar-refractivity contribution in [3.63, 3.8) is 0 Å². The monoisotopic (exact) mass is 564 g/mol. The van der Waals surface area contributed by atoms with Gasteiger partial charge in [-0.1, -0.05) is 18.2 Å². The molecule has 4 unspecified atom stereocenters. The molecular formula is C25H36N6O7S. The zero-order valence-electron chi connectivity index (χ0n) is 21.4. The number of hydrogen-bond donors (Lipinski definition) is 9. The molecule has 14 heteroatoms. The van der Waals surface area contributed by atoms with Crippen LogP contribution in [0.1, 0.15) is 37.7 Å². The Morgan fingerprint density at radius 3 is 2.13 bits per heavy atom. The number of thiol groups is 1. The van der Waals surface area contributed by atoms with Gasteiger partial charge in [0.05, 0.1) is 6.04 Å². The first kappa shape index (κ1) is 31.6. The number of aliphatic carboxylic acids is 2. The number of carbonyl (C=O) groups excluding carboxylic acids is 3. The largest absolute Gasteiger partial charge is 0.481 e. The SMILES string of the molecule is NCCCCC(NC(=O)C(N)Cc1c[nH]c2ccccc12)C(=O)NC(CCC(=O)O)C(=O)NC(CS)C(=O)O. The molecule has 0 saturated heterocycles. The topological polar surface area (TPSA) is 230 Å². The van der Waals surface area contributed by atoms with Crippen molar-refractivity contribution in [3.8, 4) is 0 Å². The van der Waals surface area contributed by atoms with Crippen LogP contribution in [-0.2, 0) is 30.4 Å². The van der Waals surface area contributed by atoms with E-state index in [2.05, 4.69) is 33.6 Å². The third kappa shape index (κ3) is 9.89. The summed E-state index contributed by atoms with van der Waals surface area (Å²) in [6, 6.07) is 2.79. The van der Waals surface area contributed by atoms with E-state index < -0.39 is 60.2 Å². The number of H-pyrrole nitrogens is 1. The quantitative estimate of drug-likeness (QED) is 0.0889. The van der Waals surface area contributed by atoms with E-state index >= 15 is 0 Å². The summed E-state index contributed by atoms with van der Waals surface area (Å²) in [6.45, 7) is 0.367. The van der Waals surface area contributed by atoms with E-state index in [-0.39, 0.29) is 25.0 Å². The van der Waals surface area contributed by atoms with Gasteiger partial charge in [0.2, 0.25) is 17.7 Å². The molecule has 0 aliphatic heterocycles. The summed E-state index contributed by atoms with van der Waals surface area (Å²) in [5.74, 6) is -4.95. The number of fused-ring (bicyclic) bond motifs is 1. The highest BCUT2D eigenvalue weighted by Gasteiger charge is 2.30. The van der Waals surface area contributed by atoms with Crippen LogP contribution in [0.3, 0.4) is 0 Å². The van der Waals surface area contributed by atoms with Crippen LogP contribution >= 0.6 is 12.6 Å². The van der Waals surface area contributed by atoms with Crippen LogP contribution in [0, 0.1) is 0 Å². The summed E-state index contributed by atoms with van der Waals surface area (Å²) in [5, 5.41) is 26.5. The normalized spacial score (nSPS) is 14.1. The molecule has 0 spiro atoms. The minimum Gasteiger partial charge on any atom is -0.481 e. The maximum Gasteiger partial charge on any atom is 0.327 e. The highest BCUT2D eigenvalue weighted by atomic mass is 32.1. The molecule has 2 aromatic rings. The second kappa shape index (κ2) is 15.7. The molecule has 1 heterocycles. The van der Waals surface area contributed by atoms with Crippen molar-refractivity contribution in [2.45, 2.75) is 62.7 Å². The fraction of sp³-hybridized carbons (Fsp3) is 0.480. The third-order valence-electron chi connectivity index (χ3n) is 6.11. The molecule has 0 aliphatic carbocycles. The molecule has 2 rings (SSSR count). The summed E-state index contributed by atoms with van der Waals surface area (Å²) >= 11 is 3.89. The number of nitrogens with two attached hydrogens (primary N) is 2. The standard InChI is InChI=1S/C25H36N6O7S/c26-10-4-3-7-18(29-22(34)16(27)11-14-12-28-17-6-2-1-5-15(14)17)23(35)30-19(8-9-21(32)33)24(36)31-20(13-39)25(37)38/h1-2,5-6,12,16,18-20,28,39H,3-4,7-11,13,26-27H2,(H,29,34)(H,30,35)(H,31,36)(H,32,33)(H,37,38). The Morgan fingerprint density at radius 2 is 1.51 bits per heavy atom. The lowest BCUT2D eigenvalue weighted by Crippen LogP contribution is -2.57. The Hall–Kier alpha value is -3.62. The first-order valence-electron chi connectivity index (χ1n) is 12.5. The number of benzene rings is 1. The van der Waals surface area contributed by atoms with E-state index in [1.54, 1.807) is 6.20 Å². The number of aromatic nitrogens is 1. The molecule has 0 aliphatic rings. The highest BCUT2D eigenvalue weighted by molar-refractivity contribution is 7.80. The number of unbranched alkanes of at least 4 members (excludes halogenated alkanes) is 1. The molecule has 0 bridgehead atoms. The molecule has 3 amide bonds. The van der Waals surface area contributed by atoms with Gasteiger partial charge in [-0.2, -0.15) is 12.6 Å². The summed E-state index contributed by atoms with van der Waals surface area (Å²) < 4.78 is 0. The number of carbonyl (C=O) groups is 5. The van der Waals surface area contributed by atoms with E-state index in [0.717, 1.165) is 16.5 Å². The van der Waals surface area contributed by atoms with E-state index in [1.165, 1.54) is 0 Å². The number of rotatable bonds is 17. The summed E-state index contributed by atoms with van der Waals surface area (Å²) in [7, 11) is 0. The lowest BCUT2D eigenvalue weighted by molar-refractivity contribution is -0.142. The zero-order valence-corrected chi connectivity index (χ0v) is 22.3. The van der Waals surface area contributed by atoms with Gasteiger partial charge in [0.15, 0.2) is 0 Å². The highest BCUT2D eigenvalue weighted by Crippen LogP contribution is 2.19. The minimum atomic E-state index is -1.36. The fourth-order valence-electron chi connectivity index (χ4n) is 3.94. The van der Waals surface area contributed by atoms with Crippen LogP contribution in [0.25, 0.3) is 10.9 Å². The van der Waals surface area contributed by atoms with Crippen molar-refractivity contribution in [2.75, 3.05) is 12.3 Å². The predicted molar refractivity (Wildman–Crippen MR) is 147 cm³/mol. The van der Waals surface area contributed by atoms with Gasteiger partial charge in [0.25, 0.3) is 0 Å². The van der Waals surface area contributed by atoms with Crippen molar-refractivity contribution in [1.29, 1.82) is 0 Å². The number of nitrogens with one attached hydrogen (secondary N) is 4. The van der Waals surface area contributed by atoms with Crippen molar-refractivity contribution >= 4 is 53.2 Å². The van der Waals surface area contributed by atoms with E-state index in [9.17, 15) is 29.1 Å². The van der Waals surface area contributed by atoms with Crippen LogP contribution in [-0.4, -0.2) is 81.3 Å². The molecular weight excluding hydrogens is 528 g/mol. The molecule has 0 fully saturated rings. The first-order chi connectivity index (χ1) is 18.6. The van der Waals surface area contributed by atoms with Crippen LogP contribution in [0.4, 0.5) is 0 Å². The van der Waals surface area contributed by atoms with Crippen molar-refractivity contribution in [1.82, 2.24) is 20.9 Å². The number of carboxylic acids is 2. The Balaban J connectivity index is 2.14. The molecule has 39 heavy (non-hydrogen) atoms. The number of aromatic amines is 1. The van der Waals surface area contributed by atoms with Gasteiger partial charge in [-0.05, 0) is 50.3 Å². The number of para-hydroxylation sites is 1. The molecule has 0 radical (unpaired) electrons. The zero-order chi connectivity index (χ0) is 28.9. The lowest BCUT2D eigenvalue weighted by Gasteiger charge is -2.25. The lowest BCUT2D eigenvalue weighted by atomic mass is 10.0. The second-order valence-corrected chi connectivity index (χ2v) is 9.46. The van der Waals surface area contributed by atoms with Gasteiger partial charge < -0.3 is 42.6 Å². The first-order valence-corrected chi connectivity index (χ1v) is 13.2. The molecule has 0 saturated carbocycles. The van der Waals surface area contributed by atoms with Crippen molar-refractivity contribution < 1.29 is 34.2 Å². The number of carboxylic acid groups (broad SMARTS) is 2. The Labute approximate surface area is 230 Å². The number of hydrogen-bond acceptors (Lipinski definition) is 8. The van der Waals surface area contributed by atoms with Crippen molar-refractivity contribution in [2.24, 2.45) is 11.5 Å². The molecule has 4 atom stereocenters. The summed E-state index contributed by atoms with van der Waals surface area (Å²) in [6.07, 6.45) is 2.47. The van der Waals surface area contributed by atoms with Crippen LogP contribution in [0.15, 0.2) is 30.5 Å². The van der Waals surface area contributed by atoms with E-state index in [0.29, 0.717) is 19.4 Å². The van der Waals surface area contributed by atoms with Crippen LogP contribution in [0.5, 0.6) is 0 Å². The average molecular weight is 565 g/mol. The molecule has 214 valence electrons. The van der Waals surface area contributed by atoms with Gasteiger partial charge in [-0.3, -0.25) is 19.2 Å². The van der Waals surface area contributed by atoms with Gasteiger partial charge >= 0.3 is 11.9 Å². The van der Waals surface area contributed by atoms with E-state index in [1.807, 2.05) is 24.3 Å². The van der Waals surface area contributed by atoms with Crippen LogP contribution in [0.2, 0.25) is 0 Å². The van der Waals surface area contributed by atoms with Crippen molar-refractivity contribution in [3.05, 3.63) is 36.0 Å². The van der Waals surface area contributed by atoms with Gasteiger partial charge in [0.1, 0.15) is 18.1 Å². The third-order valence-corrected chi connectivity index (χ3v) is 6.47. The van der Waals surface area contributed by atoms with Gasteiger partial charge in [0, 0.05) is 29.3 Å². The maximum absolute atomic E-state index is 13.2. The average Bonchev–Trinajstić information content (AvgIpc) is 3.31. The summed E-state index contributed by atoms with van der Waals surface area (Å²) in [4.78, 5) is 64.4. The second-order valence-electron chi connectivity index (χ2n) is 9.09. The molecule has 13 nitrogen and oxygen atoms in total. The number of amides is 3. The van der Waals surface area contributed by atoms with E-state index in [4.69, 9.17) is 16.6 Å². The Morgan fingerprint density at radius 1 is 0.897 bits per heavy atom. The Bertz CT molecular complexity index is 1160.